The molecule has 0 aliphatic rings. The molecule has 0 unspecified atom stereocenters. The number of nitrogens with zero attached hydrogens (tertiary/aromatic N) is 1. The molecule has 0 aliphatic carbocycles. The van der Waals surface area contributed by atoms with E-state index in [1.54, 1.807) is 0 Å². The summed E-state index contributed by atoms with van der Waals surface area (Å²) >= 11 is 0. The zero-order valence-corrected chi connectivity index (χ0v) is 9.74. The Morgan fingerprint density at radius 1 is 1.25 bits per heavy atom. The molecule has 0 aromatic heterocycles. The van der Waals surface area contributed by atoms with Crippen LogP contribution in [0.15, 0.2) is 23.1 Å². The average Bonchev–Trinajstić information content (AvgIpc) is 2.28. The Kier molecular flexibility index (Phi) is 3.74. The topological polar surface area (TPSA) is 57.0 Å². The molecule has 1 aromatic carbocycles. The highest BCUT2D eigenvalue weighted by molar-refractivity contribution is 7.91. The molecule has 0 fully saturated rings. The minimum absolute atomic E-state index is 0.0566. The van der Waals surface area contributed by atoms with Crippen molar-refractivity contribution >= 4 is 9.84 Å². The normalized spacial score (nSPS) is 10.6. The van der Waals surface area contributed by atoms with Crippen molar-refractivity contribution in [1.82, 2.24) is 0 Å². The number of benzene rings is 1. The number of methoxy groups -OCH3 is 2. The third kappa shape index (κ3) is 2.44. The van der Waals surface area contributed by atoms with Gasteiger partial charge in [0.05, 0.1) is 19.1 Å². The average molecular weight is 241 g/mol. The van der Waals surface area contributed by atoms with Crippen LogP contribution in [0.3, 0.4) is 0 Å². The molecular formula is C10H11NO4S. The molecule has 0 radical (unpaired) electrons. The zero-order chi connectivity index (χ0) is 12.2. The predicted molar refractivity (Wildman–Crippen MR) is 58.2 cm³/mol. The van der Waals surface area contributed by atoms with E-state index in [1.165, 1.54) is 32.4 Å². The first-order valence-electron chi connectivity index (χ1n) is 4.33. The summed E-state index contributed by atoms with van der Waals surface area (Å²) in [6, 6.07) is 4.23. The minimum atomic E-state index is -3.56. The monoisotopic (exact) mass is 241 g/mol. The summed E-state index contributed by atoms with van der Waals surface area (Å²) in [5.74, 6) is 0.209. The van der Waals surface area contributed by atoms with Crippen LogP contribution in [0.1, 0.15) is 0 Å². The lowest BCUT2D eigenvalue weighted by Gasteiger charge is -2.08. The van der Waals surface area contributed by atoms with Gasteiger partial charge in [-0.15, -0.1) is 0 Å². The fraction of sp³-hybridized carbons (Fsp3) is 0.300. The third-order valence-corrected chi connectivity index (χ3v) is 3.39. The van der Waals surface area contributed by atoms with Gasteiger partial charge in [-0.3, -0.25) is 4.85 Å². The van der Waals surface area contributed by atoms with Crippen molar-refractivity contribution < 1.29 is 17.9 Å². The van der Waals surface area contributed by atoms with Gasteiger partial charge in [0, 0.05) is 6.07 Å². The molecule has 0 atom stereocenters. The molecule has 0 spiro atoms. The summed E-state index contributed by atoms with van der Waals surface area (Å²) in [5.41, 5.74) is 0. The van der Waals surface area contributed by atoms with Gasteiger partial charge in [0.15, 0.2) is 11.5 Å². The van der Waals surface area contributed by atoms with E-state index in [2.05, 4.69) is 4.85 Å². The first-order chi connectivity index (χ1) is 7.55. The van der Waals surface area contributed by atoms with Gasteiger partial charge in [-0.1, -0.05) is 0 Å². The molecule has 0 saturated carbocycles. The second-order valence-corrected chi connectivity index (χ2v) is 4.88. The Balaban J connectivity index is 3.24. The molecule has 0 N–H and O–H groups in total. The van der Waals surface area contributed by atoms with Gasteiger partial charge in [0.2, 0.25) is 0 Å². The fourth-order valence-electron chi connectivity index (χ4n) is 1.17. The molecule has 1 aromatic rings. The summed E-state index contributed by atoms with van der Waals surface area (Å²) in [4.78, 5) is 2.93. The summed E-state index contributed by atoms with van der Waals surface area (Å²) < 4.78 is 33.1. The van der Waals surface area contributed by atoms with Crippen LogP contribution in [0.5, 0.6) is 11.5 Å². The Bertz CT molecular complexity index is 516. The molecule has 86 valence electrons. The molecular weight excluding hydrogens is 230 g/mol. The number of hydrogen-bond acceptors (Lipinski definition) is 4. The second-order valence-electron chi connectivity index (χ2n) is 2.92. The number of rotatable bonds is 4. The van der Waals surface area contributed by atoms with Crippen molar-refractivity contribution in [2.24, 2.45) is 0 Å². The lowest BCUT2D eigenvalue weighted by Crippen LogP contribution is -2.04. The molecule has 0 bridgehead atoms. The van der Waals surface area contributed by atoms with Crippen LogP contribution in [0, 0.1) is 6.57 Å². The van der Waals surface area contributed by atoms with E-state index in [1.807, 2.05) is 0 Å². The van der Waals surface area contributed by atoms with Gasteiger partial charge < -0.3 is 9.47 Å². The molecule has 16 heavy (non-hydrogen) atoms. The molecule has 0 saturated heterocycles. The van der Waals surface area contributed by atoms with E-state index in [0.29, 0.717) is 11.5 Å². The van der Waals surface area contributed by atoms with Gasteiger partial charge in [0.25, 0.3) is 9.84 Å². The van der Waals surface area contributed by atoms with Crippen molar-refractivity contribution in [2.75, 3.05) is 20.1 Å². The van der Waals surface area contributed by atoms with Crippen LogP contribution in [-0.4, -0.2) is 28.5 Å². The molecule has 5 nitrogen and oxygen atoms in total. The lowest BCUT2D eigenvalue weighted by atomic mass is 10.3. The predicted octanol–water partition coefficient (Wildman–Crippen LogP) is 1.35. The maximum Gasteiger partial charge on any atom is 0.316 e. The first-order valence-corrected chi connectivity index (χ1v) is 5.98. The van der Waals surface area contributed by atoms with Crippen molar-refractivity contribution in [3.8, 4) is 11.5 Å². The van der Waals surface area contributed by atoms with Gasteiger partial charge >= 0.3 is 5.88 Å². The van der Waals surface area contributed by atoms with Crippen molar-refractivity contribution in [1.29, 1.82) is 0 Å². The van der Waals surface area contributed by atoms with E-state index in [-0.39, 0.29) is 4.90 Å². The Labute approximate surface area is 94.3 Å². The van der Waals surface area contributed by atoms with E-state index >= 15 is 0 Å². The van der Waals surface area contributed by atoms with Crippen molar-refractivity contribution in [3.63, 3.8) is 0 Å². The van der Waals surface area contributed by atoms with Crippen LogP contribution < -0.4 is 9.47 Å². The van der Waals surface area contributed by atoms with E-state index in [9.17, 15) is 8.42 Å². The highest BCUT2D eigenvalue weighted by Gasteiger charge is 2.19. The SMILES string of the molecule is [C-]#[N+]CS(=O)(=O)c1ccc(OC)c(OC)c1. The highest BCUT2D eigenvalue weighted by atomic mass is 32.2. The number of sulfone groups is 1. The summed E-state index contributed by atoms with van der Waals surface area (Å²) in [6.45, 7) is 6.57. The Morgan fingerprint density at radius 2 is 1.88 bits per heavy atom. The van der Waals surface area contributed by atoms with Crippen molar-refractivity contribution in [3.05, 3.63) is 29.6 Å². The van der Waals surface area contributed by atoms with Gasteiger partial charge in [-0.2, -0.15) is 0 Å². The smallest absolute Gasteiger partial charge is 0.316 e. The zero-order valence-electron chi connectivity index (χ0n) is 8.93. The number of hydrogen-bond donors (Lipinski definition) is 0. The van der Waals surface area contributed by atoms with Crippen LogP contribution >= 0.6 is 0 Å². The maximum atomic E-state index is 11.6. The minimum Gasteiger partial charge on any atom is -0.493 e. The molecule has 0 amide bonds. The largest absolute Gasteiger partial charge is 0.493 e. The van der Waals surface area contributed by atoms with Crippen LogP contribution in [0.2, 0.25) is 0 Å². The second kappa shape index (κ2) is 4.86. The fourth-order valence-corrected chi connectivity index (χ4v) is 2.05. The Hall–Kier alpha value is -1.74. The highest BCUT2D eigenvalue weighted by Crippen LogP contribution is 2.29. The molecule has 0 heterocycles. The lowest BCUT2D eigenvalue weighted by molar-refractivity contribution is 0.354. The quantitative estimate of drug-likeness (QED) is 0.747. The Morgan fingerprint density at radius 3 is 2.38 bits per heavy atom. The van der Waals surface area contributed by atoms with Crippen LogP contribution in [-0.2, 0) is 9.84 Å². The summed E-state index contributed by atoms with van der Waals surface area (Å²) in [6.07, 6.45) is 0. The first kappa shape index (κ1) is 12.3. The molecule has 6 heteroatoms. The van der Waals surface area contributed by atoms with E-state index < -0.39 is 15.7 Å². The van der Waals surface area contributed by atoms with Gasteiger partial charge in [0.1, 0.15) is 0 Å². The van der Waals surface area contributed by atoms with Gasteiger partial charge in [-0.25, -0.2) is 15.0 Å². The van der Waals surface area contributed by atoms with Crippen LogP contribution in [0.4, 0.5) is 0 Å². The maximum absolute atomic E-state index is 11.6. The van der Waals surface area contributed by atoms with E-state index in [0.717, 1.165) is 0 Å². The van der Waals surface area contributed by atoms with E-state index in [4.69, 9.17) is 16.0 Å². The third-order valence-electron chi connectivity index (χ3n) is 1.95. The summed E-state index contributed by atoms with van der Waals surface area (Å²) in [7, 11) is -0.674. The van der Waals surface area contributed by atoms with Crippen LogP contribution in [0.25, 0.3) is 4.85 Å². The standard InChI is InChI=1S/C10H11NO4S/c1-11-7-16(12,13)8-4-5-9(14-2)10(6-8)15-3/h4-6H,7H2,2-3H3. The molecule has 0 aliphatic heterocycles. The molecule has 1 rings (SSSR count). The number of ether oxygens (including phenoxy) is 2. The van der Waals surface area contributed by atoms with Gasteiger partial charge in [-0.05, 0) is 12.1 Å². The van der Waals surface area contributed by atoms with Crippen molar-refractivity contribution in [2.45, 2.75) is 4.90 Å². The summed E-state index contributed by atoms with van der Waals surface area (Å²) in [5, 5.41) is 0.